The zero-order chi connectivity index (χ0) is 16.7. The molecule has 0 bridgehead atoms. The summed E-state index contributed by atoms with van der Waals surface area (Å²) in [5, 5.41) is 5.54. The number of aromatic nitrogens is 2. The van der Waals surface area contributed by atoms with E-state index in [-0.39, 0.29) is 42.0 Å². The van der Waals surface area contributed by atoms with Crippen LogP contribution in [-0.4, -0.2) is 33.4 Å². The molecule has 5 nitrogen and oxygen atoms in total. The first-order chi connectivity index (χ1) is 11.0. The Morgan fingerprint density at radius 1 is 1.30 bits per heavy atom. The predicted octanol–water partition coefficient (Wildman–Crippen LogP) is 2.89. The Balaban J connectivity index is 1.87. The highest BCUT2D eigenvalue weighted by atomic mass is 35.5. The quantitative estimate of drug-likeness (QED) is 0.600. The van der Waals surface area contributed by atoms with Gasteiger partial charge in [-0.05, 0) is 26.0 Å². The Hall–Kier alpha value is -1.14. The highest BCUT2D eigenvalue weighted by Gasteiger charge is 2.46. The zero-order valence-corrected chi connectivity index (χ0v) is 14.7. The number of halogens is 1. The first kappa shape index (κ1) is 16.7. The first-order valence-corrected chi connectivity index (χ1v) is 9.47. The van der Waals surface area contributed by atoms with Gasteiger partial charge >= 0.3 is 0 Å². The van der Waals surface area contributed by atoms with Crippen molar-refractivity contribution in [2.45, 2.75) is 50.1 Å². The molecule has 0 unspecified atom stereocenters. The Labute approximate surface area is 144 Å². The van der Waals surface area contributed by atoms with E-state index in [1.165, 1.54) is 11.8 Å². The van der Waals surface area contributed by atoms with Crippen molar-refractivity contribution < 1.29 is 14.4 Å². The van der Waals surface area contributed by atoms with Crippen LogP contribution in [0.25, 0.3) is 0 Å². The average Bonchev–Trinajstić information content (AvgIpc) is 3.29. The van der Waals surface area contributed by atoms with E-state index in [9.17, 15) is 14.4 Å². The summed E-state index contributed by atoms with van der Waals surface area (Å²) in [5.74, 6) is -2.05. The van der Waals surface area contributed by atoms with Crippen molar-refractivity contribution in [3.05, 3.63) is 10.7 Å². The maximum absolute atomic E-state index is 12.4. The van der Waals surface area contributed by atoms with E-state index in [0.29, 0.717) is 11.7 Å². The van der Waals surface area contributed by atoms with Crippen molar-refractivity contribution in [2.24, 2.45) is 11.8 Å². The van der Waals surface area contributed by atoms with Crippen molar-refractivity contribution in [3.8, 4) is 0 Å². The molecular weight excluding hydrogens is 336 g/mol. The minimum atomic E-state index is -1.03. The molecule has 7 heteroatoms. The van der Waals surface area contributed by atoms with Gasteiger partial charge in [0.15, 0.2) is 22.5 Å². The van der Waals surface area contributed by atoms with E-state index in [1.54, 1.807) is 4.68 Å². The number of rotatable bonds is 5. The van der Waals surface area contributed by atoms with Crippen LogP contribution < -0.4 is 0 Å². The van der Waals surface area contributed by atoms with E-state index in [4.69, 9.17) is 11.6 Å². The third kappa shape index (κ3) is 2.98. The standard InChI is InChI=1S/C16H19ClN2O3S/c1-3-19-16(23-2)12(15(17)18-19)9-6-10(20)13(11(21)7-9)14(22)8-4-5-8/h8-9,13H,3-7H2,1-2H3. The van der Waals surface area contributed by atoms with Crippen LogP contribution in [0.3, 0.4) is 0 Å². The topological polar surface area (TPSA) is 69.0 Å². The van der Waals surface area contributed by atoms with Gasteiger partial charge in [0.2, 0.25) is 0 Å². The normalized spacial score (nSPS) is 25.0. The molecule has 2 aliphatic carbocycles. The van der Waals surface area contributed by atoms with Crippen LogP contribution in [0.5, 0.6) is 0 Å². The van der Waals surface area contributed by atoms with Gasteiger partial charge in [-0.1, -0.05) is 11.6 Å². The minimum Gasteiger partial charge on any atom is -0.298 e. The molecule has 1 aromatic heterocycles. The lowest BCUT2D eigenvalue weighted by Gasteiger charge is -2.26. The molecule has 0 radical (unpaired) electrons. The van der Waals surface area contributed by atoms with Crippen molar-refractivity contribution >= 4 is 40.7 Å². The molecular formula is C16H19ClN2O3S. The smallest absolute Gasteiger partial charge is 0.155 e. The lowest BCUT2D eigenvalue weighted by molar-refractivity contribution is -0.143. The monoisotopic (exact) mass is 354 g/mol. The van der Waals surface area contributed by atoms with Gasteiger partial charge in [0, 0.05) is 36.8 Å². The summed E-state index contributed by atoms with van der Waals surface area (Å²) in [5.41, 5.74) is 0.778. The van der Waals surface area contributed by atoms with Crippen molar-refractivity contribution in [1.29, 1.82) is 0 Å². The number of thioether (sulfide) groups is 1. The molecule has 0 aliphatic heterocycles. The first-order valence-electron chi connectivity index (χ1n) is 7.87. The molecule has 1 heterocycles. The molecule has 1 aromatic rings. The molecule has 0 spiro atoms. The molecule has 0 aromatic carbocycles. The van der Waals surface area contributed by atoms with Crippen molar-refractivity contribution in [2.75, 3.05) is 6.26 Å². The second kappa shape index (κ2) is 6.40. The van der Waals surface area contributed by atoms with Gasteiger partial charge in [-0.15, -0.1) is 11.8 Å². The van der Waals surface area contributed by atoms with Crippen molar-refractivity contribution in [1.82, 2.24) is 9.78 Å². The number of carbonyl (C=O) groups excluding carboxylic acids is 3. The Bertz CT molecular complexity index is 663. The lowest BCUT2D eigenvalue weighted by atomic mass is 9.75. The number of aryl methyl sites for hydroxylation is 1. The van der Waals surface area contributed by atoms with Crippen LogP contribution in [0.4, 0.5) is 0 Å². The molecule has 2 aliphatic rings. The fourth-order valence-corrected chi connectivity index (χ4v) is 4.56. The van der Waals surface area contributed by atoms with Gasteiger partial charge in [-0.2, -0.15) is 5.10 Å². The summed E-state index contributed by atoms with van der Waals surface area (Å²) < 4.78 is 1.79. The molecule has 2 saturated carbocycles. The zero-order valence-electron chi connectivity index (χ0n) is 13.2. The van der Waals surface area contributed by atoms with E-state index >= 15 is 0 Å². The highest BCUT2D eigenvalue weighted by Crippen LogP contribution is 2.42. The number of ketones is 3. The van der Waals surface area contributed by atoms with Crippen LogP contribution in [-0.2, 0) is 20.9 Å². The summed E-state index contributed by atoms with van der Waals surface area (Å²) in [6.45, 7) is 2.64. The van der Waals surface area contributed by atoms with Gasteiger partial charge in [0.1, 0.15) is 5.92 Å². The fraction of sp³-hybridized carbons (Fsp3) is 0.625. The molecule has 0 saturated heterocycles. The lowest BCUT2D eigenvalue weighted by Crippen LogP contribution is -2.38. The third-order valence-electron chi connectivity index (χ3n) is 4.60. The van der Waals surface area contributed by atoms with Gasteiger partial charge in [-0.3, -0.25) is 19.1 Å². The maximum atomic E-state index is 12.4. The van der Waals surface area contributed by atoms with E-state index in [1.807, 2.05) is 13.2 Å². The number of nitrogens with zero attached hydrogens (tertiary/aromatic N) is 2. The number of carbonyl (C=O) groups is 3. The summed E-state index contributed by atoms with van der Waals surface area (Å²) in [4.78, 5) is 37.0. The van der Waals surface area contributed by atoms with Gasteiger partial charge < -0.3 is 0 Å². The van der Waals surface area contributed by atoms with Gasteiger partial charge in [-0.25, -0.2) is 0 Å². The Morgan fingerprint density at radius 2 is 1.91 bits per heavy atom. The number of hydrogen-bond donors (Lipinski definition) is 0. The van der Waals surface area contributed by atoms with Crippen LogP contribution in [0, 0.1) is 11.8 Å². The summed E-state index contributed by atoms with van der Waals surface area (Å²) in [6, 6.07) is 0. The molecule has 23 heavy (non-hydrogen) atoms. The summed E-state index contributed by atoms with van der Waals surface area (Å²) in [7, 11) is 0. The highest BCUT2D eigenvalue weighted by molar-refractivity contribution is 7.98. The minimum absolute atomic E-state index is 0.0716. The van der Waals surface area contributed by atoms with E-state index < -0.39 is 5.92 Å². The average molecular weight is 355 g/mol. The summed E-state index contributed by atoms with van der Waals surface area (Å²) in [6.07, 6.45) is 3.93. The third-order valence-corrected chi connectivity index (χ3v) is 5.70. The van der Waals surface area contributed by atoms with Gasteiger partial charge in [0.25, 0.3) is 0 Å². The maximum Gasteiger partial charge on any atom is 0.155 e. The molecule has 0 atom stereocenters. The van der Waals surface area contributed by atoms with Gasteiger partial charge in [0.05, 0.1) is 5.03 Å². The van der Waals surface area contributed by atoms with Crippen LogP contribution in [0.2, 0.25) is 5.15 Å². The predicted molar refractivity (Wildman–Crippen MR) is 87.9 cm³/mol. The number of hydrogen-bond acceptors (Lipinski definition) is 5. The van der Waals surface area contributed by atoms with E-state index in [2.05, 4.69) is 5.10 Å². The second-order valence-corrected chi connectivity index (χ2v) is 7.33. The molecule has 0 N–H and O–H groups in total. The largest absolute Gasteiger partial charge is 0.298 e. The summed E-state index contributed by atoms with van der Waals surface area (Å²) >= 11 is 7.77. The number of Topliss-reactive ketones (excluding diaryl/α,β-unsaturated/α-hetero) is 3. The molecule has 3 rings (SSSR count). The Morgan fingerprint density at radius 3 is 2.39 bits per heavy atom. The SMILES string of the molecule is CCn1nc(Cl)c(C2CC(=O)C(C(=O)C3CC3)C(=O)C2)c1SC. The van der Waals surface area contributed by atoms with Crippen molar-refractivity contribution in [3.63, 3.8) is 0 Å². The van der Waals surface area contributed by atoms with E-state index in [0.717, 1.165) is 23.4 Å². The molecule has 0 amide bonds. The second-order valence-electron chi connectivity index (χ2n) is 6.18. The van der Waals surface area contributed by atoms with Crippen LogP contribution in [0.15, 0.2) is 5.03 Å². The molecule has 124 valence electrons. The van der Waals surface area contributed by atoms with Crippen LogP contribution >= 0.6 is 23.4 Å². The fourth-order valence-electron chi connectivity index (χ4n) is 3.30. The van der Waals surface area contributed by atoms with Crippen LogP contribution in [0.1, 0.15) is 44.1 Å². The Kier molecular flexibility index (Phi) is 4.65. The molecule has 2 fully saturated rings.